The Hall–Kier alpha value is -2.81. The average molecular weight is 283 g/mol. The second-order valence-corrected chi connectivity index (χ2v) is 4.83. The number of aryl methyl sites for hydroxylation is 1. The first kappa shape index (κ1) is 14.6. The fourth-order valence-electron chi connectivity index (χ4n) is 1.95. The molecule has 6 nitrogen and oxygen atoms in total. The molecule has 0 saturated carbocycles. The number of amides is 1. The molecule has 0 unspecified atom stereocenters. The second kappa shape index (κ2) is 6.09. The molecule has 0 aliphatic carbocycles. The lowest BCUT2D eigenvalue weighted by Crippen LogP contribution is -2.28. The van der Waals surface area contributed by atoms with Crippen LogP contribution >= 0.6 is 0 Å². The van der Waals surface area contributed by atoms with Gasteiger partial charge < -0.3 is 11.1 Å². The van der Waals surface area contributed by atoms with Gasteiger partial charge in [-0.15, -0.1) is 0 Å². The van der Waals surface area contributed by atoms with E-state index in [-0.39, 0.29) is 12.5 Å². The van der Waals surface area contributed by atoms with E-state index in [1.807, 2.05) is 26.0 Å². The number of nitriles is 1. The Bertz CT molecular complexity index is 694. The maximum Gasteiger partial charge on any atom is 0.242 e. The summed E-state index contributed by atoms with van der Waals surface area (Å²) in [4.78, 5) is 11.9. The van der Waals surface area contributed by atoms with Gasteiger partial charge in [0, 0.05) is 6.54 Å². The first-order valence-corrected chi connectivity index (χ1v) is 6.56. The highest BCUT2D eigenvalue weighted by Gasteiger charge is 2.11. The van der Waals surface area contributed by atoms with Crippen LogP contribution in [0, 0.1) is 25.2 Å². The number of nitrogens with zero attached hydrogens (tertiary/aromatic N) is 3. The van der Waals surface area contributed by atoms with E-state index in [4.69, 9.17) is 11.0 Å². The van der Waals surface area contributed by atoms with Crippen LogP contribution in [0.15, 0.2) is 24.3 Å². The summed E-state index contributed by atoms with van der Waals surface area (Å²) in [6.07, 6.45) is 0. The molecule has 0 atom stereocenters. The number of anilines is 1. The Morgan fingerprint density at radius 3 is 2.57 bits per heavy atom. The van der Waals surface area contributed by atoms with E-state index >= 15 is 0 Å². The largest absolute Gasteiger partial charge is 0.396 e. The first-order chi connectivity index (χ1) is 10.0. The van der Waals surface area contributed by atoms with E-state index < -0.39 is 0 Å². The number of benzene rings is 1. The summed E-state index contributed by atoms with van der Waals surface area (Å²) >= 11 is 0. The van der Waals surface area contributed by atoms with Crippen LogP contribution in [-0.2, 0) is 17.9 Å². The SMILES string of the molecule is Cc1nn(CC(=O)NCc2ccc(C#N)cc2)c(C)c1N. The van der Waals surface area contributed by atoms with E-state index in [0.717, 1.165) is 17.0 Å². The standard InChI is InChI=1S/C15H17N5O/c1-10-15(17)11(2)20(19-10)9-14(21)18-8-13-5-3-12(7-16)4-6-13/h3-6H,8-9,17H2,1-2H3,(H,18,21). The fourth-order valence-corrected chi connectivity index (χ4v) is 1.95. The highest BCUT2D eigenvalue weighted by Crippen LogP contribution is 2.14. The predicted molar refractivity (Wildman–Crippen MR) is 79.1 cm³/mol. The van der Waals surface area contributed by atoms with Crippen molar-refractivity contribution in [3.05, 3.63) is 46.8 Å². The van der Waals surface area contributed by atoms with Gasteiger partial charge in [-0.2, -0.15) is 10.4 Å². The lowest BCUT2D eigenvalue weighted by Gasteiger charge is -2.07. The molecule has 6 heteroatoms. The van der Waals surface area contributed by atoms with Crippen molar-refractivity contribution in [3.8, 4) is 6.07 Å². The third-order valence-electron chi connectivity index (χ3n) is 3.30. The van der Waals surface area contributed by atoms with Crippen molar-refractivity contribution in [3.63, 3.8) is 0 Å². The van der Waals surface area contributed by atoms with Gasteiger partial charge >= 0.3 is 0 Å². The highest BCUT2D eigenvalue weighted by molar-refractivity contribution is 5.76. The van der Waals surface area contributed by atoms with E-state index in [9.17, 15) is 4.79 Å². The van der Waals surface area contributed by atoms with Crippen LogP contribution in [0.4, 0.5) is 5.69 Å². The third-order valence-corrected chi connectivity index (χ3v) is 3.30. The number of carbonyl (C=O) groups excluding carboxylic acids is 1. The minimum absolute atomic E-state index is 0.134. The molecule has 2 aromatic rings. The number of aromatic nitrogens is 2. The molecule has 21 heavy (non-hydrogen) atoms. The summed E-state index contributed by atoms with van der Waals surface area (Å²) in [5.41, 5.74) is 9.51. The van der Waals surface area contributed by atoms with Crippen molar-refractivity contribution >= 4 is 11.6 Å². The molecule has 0 bridgehead atoms. The number of rotatable bonds is 4. The molecule has 0 spiro atoms. The van der Waals surface area contributed by atoms with Gasteiger partial charge in [0.2, 0.25) is 5.91 Å². The molecule has 0 radical (unpaired) electrons. The van der Waals surface area contributed by atoms with Crippen molar-refractivity contribution in [2.75, 3.05) is 5.73 Å². The van der Waals surface area contributed by atoms with Gasteiger partial charge in [-0.3, -0.25) is 9.48 Å². The number of nitrogens with two attached hydrogens (primary N) is 1. The van der Waals surface area contributed by atoms with Gasteiger partial charge in [0.25, 0.3) is 0 Å². The monoisotopic (exact) mass is 283 g/mol. The van der Waals surface area contributed by atoms with E-state index in [2.05, 4.69) is 16.5 Å². The molecule has 3 N–H and O–H groups in total. The number of carbonyl (C=O) groups is 1. The first-order valence-electron chi connectivity index (χ1n) is 6.56. The quantitative estimate of drug-likeness (QED) is 0.883. The molecule has 1 aromatic carbocycles. The molecular formula is C15H17N5O. The van der Waals surface area contributed by atoms with E-state index in [0.29, 0.717) is 17.8 Å². The number of hydrogen-bond acceptors (Lipinski definition) is 4. The average Bonchev–Trinajstić information content (AvgIpc) is 2.73. The number of nitrogen functional groups attached to an aromatic ring is 1. The topological polar surface area (TPSA) is 96.7 Å². The number of nitrogens with one attached hydrogen (secondary N) is 1. The van der Waals surface area contributed by atoms with Gasteiger partial charge in [-0.05, 0) is 31.5 Å². The molecule has 1 amide bonds. The third kappa shape index (κ3) is 3.39. The van der Waals surface area contributed by atoms with Crippen LogP contribution in [0.2, 0.25) is 0 Å². The lowest BCUT2D eigenvalue weighted by molar-refractivity contribution is -0.122. The molecule has 2 rings (SSSR count). The fraction of sp³-hybridized carbons (Fsp3) is 0.267. The van der Waals surface area contributed by atoms with Gasteiger partial charge in [0.05, 0.1) is 28.7 Å². The Morgan fingerprint density at radius 2 is 2.05 bits per heavy atom. The Kier molecular flexibility index (Phi) is 4.24. The molecule has 0 aliphatic heterocycles. The smallest absolute Gasteiger partial charge is 0.242 e. The van der Waals surface area contributed by atoms with Crippen molar-refractivity contribution in [2.24, 2.45) is 0 Å². The summed E-state index contributed by atoms with van der Waals surface area (Å²) in [6, 6.07) is 9.14. The summed E-state index contributed by atoms with van der Waals surface area (Å²) in [5.74, 6) is -0.134. The van der Waals surface area contributed by atoms with Crippen LogP contribution in [0.3, 0.4) is 0 Å². The molecule has 108 valence electrons. The highest BCUT2D eigenvalue weighted by atomic mass is 16.2. The Morgan fingerprint density at radius 1 is 1.38 bits per heavy atom. The van der Waals surface area contributed by atoms with Crippen LogP contribution in [0.1, 0.15) is 22.5 Å². The second-order valence-electron chi connectivity index (χ2n) is 4.83. The van der Waals surface area contributed by atoms with Crippen LogP contribution in [0.5, 0.6) is 0 Å². The Balaban J connectivity index is 1.92. The zero-order valence-electron chi connectivity index (χ0n) is 12.1. The minimum Gasteiger partial charge on any atom is -0.396 e. The molecule has 1 heterocycles. The number of hydrogen-bond donors (Lipinski definition) is 2. The van der Waals surface area contributed by atoms with Crippen LogP contribution in [-0.4, -0.2) is 15.7 Å². The molecular weight excluding hydrogens is 266 g/mol. The van der Waals surface area contributed by atoms with Crippen LogP contribution in [0.25, 0.3) is 0 Å². The zero-order chi connectivity index (χ0) is 15.4. The van der Waals surface area contributed by atoms with Crippen LogP contribution < -0.4 is 11.1 Å². The normalized spacial score (nSPS) is 10.1. The van der Waals surface area contributed by atoms with Gasteiger partial charge in [-0.1, -0.05) is 12.1 Å². The summed E-state index contributed by atoms with van der Waals surface area (Å²) in [7, 11) is 0. The van der Waals surface area contributed by atoms with Gasteiger partial charge in [0.1, 0.15) is 6.54 Å². The molecule has 1 aromatic heterocycles. The molecule has 0 saturated heterocycles. The maximum atomic E-state index is 11.9. The summed E-state index contributed by atoms with van der Waals surface area (Å²) in [5, 5.41) is 15.8. The molecule has 0 aliphatic rings. The van der Waals surface area contributed by atoms with Crippen molar-refractivity contribution in [1.29, 1.82) is 5.26 Å². The van der Waals surface area contributed by atoms with Crippen molar-refractivity contribution in [1.82, 2.24) is 15.1 Å². The predicted octanol–water partition coefficient (Wildman–Crippen LogP) is 1.27. The van der Waals surface area contributed by atoms with Gasteiger partial charge in [-0.25, -0.2) is 0 Å². The summed E-state index contributed by atoms with van der Waals surface area (Å²) < 4.78 is 1.60. The zero-order valence-corrected chi connectivity index (χ0v) is 12.1. The lowest BCUT2D eigenvalue weighted by atomic mass is 10.1. The van der Waals surface area contributed by atoms with Gasteiger partial charge in [0.15, 0.2) is 0 Å². The van der Waals surface area contributed by atoms with Crippen molar-refractivity contribution < 1.29 is 4.79 Å². The minimum atomic E-state index is -0.134. The summed E-state index contributed by atoms with van der Waals surface area (Å²) in [6.45, 7) is 4.20. The van der Waals surface area contributed by atoms with E-state index in [1.165, 1.54) is 0 Å². The van der Waals surface area contributed by atoms with E-state index in [1.54, 1.807) is 16.8 Å². The Labute approximate surface area is 123 Å². The molecule has 0 fully saturated rings. The maximum absolute atomic E-state index is 11.9. The van der Waals surface area contributed by atoms with Crippen molar-refractivity contribution in [2.45, 2.75) is 26.9 Å².